The molecule has 0 aromatic heterocycles. The lowest BCUT2D eigenvalue weighted by Crippen LogP contribution is -2.25. The second-order valence-corrected chi connectivity index (χ2v) is 6.17. The van der Waals surface area contributed by atoms with Crippen molar-refractivity contribution in [2.75, 3.05) is 7.11 Å². The van der Waals surface area contributed by atoms with Crippen LogP contribution in [0.2, 0.25) is 0 Å². The second kappa shape index (κ2) is 4.95. The van der Waals surface area contributed by atoms with Gasteiger partial charge in [0.05, 0.1) is 18.2 Å². The van der Waals surface area contributed by atoms with E-state index in [1.54, 1.807) is 12.1 Å². The molecule has 0 saturated heterocycles. The van der Waals surface area contributed by atoms with Gasteiger partial charge in [-0.15, -0.1) is 0 Å². The van der Waals surface area contributed by atoms with Gasteiger partial charge in [-0.05, 0) is 59.4 Å². The molecule has 4 nitrogen and oxygen atoms in total. The van der Waals surface area contributed by atoms with Crippen LogP contribution in [0, 0.1) is 0 Å². The SMILES string of the molecule is COC(=O)c1ccc2c(c1)C1CCC2c2cc(C(=O)O)ccc21. The van der Waals surface area contributed by atoms with Gasteiger partial charge in [0.2, 0.25) is 0 Å². The van der Waals surface area contributed by atoms with Crippen LogP contribution in [0.5, 0.6) is 0 Å². The molecule has 4 heteroatoms. The normalized spacial score (nSPS) is 20.6. The zero-order chi connectivity index (χ0) is 16.1. The predicted molar refractivity (Wildman–Crippen MR) is 84.1 cm³/mol. The maximum atomic E-state index is 11.8. The Bertz CT molecular complexity index is 837. The molecule has 0 fully saturated rings. The third-order valence-electron chi connectivity index (χ3n) is 5.09. The van der Waals surface area contributed by atoms with E-state index in [9.17, 15) is 14.7 Å². The van der Waals surface area contributed by atoms with Crippen LogP contribution in [0.4, 0.5) is 0 Å². The minimum atomic E-state index is -0.893. The van der Waals surface area contributed by atoms with E-state index >= 15 is 0 Å². The Labute approximate surface area is 133 Å². The largest absolute Gasteiger partial charge is 0.478 e. The maximum absolute atomic E-state index is 11.8. The van der Waals surface area contributed by atoms with Gasteiger partial charge in [0, 0.05) is 11.8 Å². The van der Waals surface area contributed by atoms with E-state index in [1.165, 1.54) is 23.8 Å². The van der Waals surface area contributed by atoms with Gasteiger partial charge < -0.3 is 9.84 Å². The Morgan fingerprint density at radius 3 is 1.96 bits per heavy atom. The summed E-state index contributed by atoms with van der Waals surface area (Å²) in [6.45, 7) is 0. The molecule has 0 heterocycles. The van der Waals surface area contributed by atoms with Gasteiger partial charge in [0.25, 0.3) is 0 Å². The van der Waals surface area contributed by atoms with Crippen molar-refractivity contribution in [3.05, 3.63) is 69.8 Å². The number of benzene rings is 2. The molecule has 0 radical (unpaired) electrons. The van der Waals surface area contributed by atoms with Crippen molar-refractivity contribution < 1.29 is 19.4 Å². The zero-order valence-corrected chi connectivity index (χ0v) is 12.7. The molecule has 0 saturated carbocycles. The monoisotopic (exact) mass is 308 g/mol. The highest BCUT2D eigenvalue weighted by atomic mass is 16.5. The van der Waals surface area contributed by atoms with E-state index in [0.717, 1.165) is 18.4 Å². The standard InChI is InChI=1S/C19H16O4/c1-23-19(22)11-3-5-13-14-6-7-15(17(13)9-11)12-4-2-10(18(20)21)8-16(12)14/h2-5,8-9,14-15H,6-7H2,1H3,(H,20,21). The molecule has 3 aliphatic rings. The molecule has 0 spiro atoms. The van der Waals surface area contributed by atoms with Gasteiger partial charge in [0.1, 0.15) is 0 Å². The summed E-state index contributed by atoms with van der Waals surface area (Å²) in [5.74, 6) is -0.764. The van der Waals surface area contributed by atoms with Gasteiger partial charge in [-0.3, -0.25) is 0 Å². The summed E-state index contributed by atoms with van der Waals surface area (Å²) in [7, 11) is 1.39. The minimum Gasteiger partial charge on any atom is -0.478 e. The third-order valence-corrected chi connectivity index (χ3v) is 5.09. The van der Waals surface area contributed by atoms with Crippen molar-refractivity contribution in [1.29, 1.82) is 0 Å². The molecule has 3 aliphatic carbocycles. The topological polar surface area (TPSA) is 63.6 Å². The number of methoxy groups -OCH3 is 1. The molecule has 2 aromatic rings. The number of esters is 1. The van der Waals surface area contributed by atoms with Crippen LogP contribution >= 0.6 is 0 Å². The molecule has 23 heavy (non-hydrogen) atoms. The van der Waals surface area contributed by atoms with Gasteiger partial charge in [-0.2, -0.15) is 0 Å². The van der Waals surface area contributed by atoms with Crippen molar-refractivity contribution in [1.82, 2.24) is 0 Å². The van der Waals surface area contributed by atoms with Gasteiger partial charge in [0.15, 0.2) is 0 Å². The fraction of sp³-hybridized carbons (Fsp3) is 0.263. The highest BCUT2D eigenvalue weighted by molar-refractivity contribution is 5.90. The second-order valence-electron chi connectivity index (χ2n) is 6.17. The van der Waals surface area contributed by atoms with E-state index < -0.39 is 5.97 Å². The number of carbonyl (C=O) groups is 2. The van der Waals surface area contributed by atoms with E-state index in [-0.39, 0.29) is 17.8 Å². The smallest absolute Gasteiger partial charge is 0.337 e. The molecule has 116 valence electrons. The minimum absolute atomic E-state index is 0.219. The first-order chi connectivity index (χ1) is 11.1. The van der Waals surface area contributed by atoms with E-state index in [0.29, 0.717) is 11.1 Å². The fourth-order valence-corrected chi connectivity index (χ4v) is 4.06. The lowest BCUT2D eigenvalue weighted by molar-refractivity contribution is 0.0599. The van der Waals surface area contributed by atoms with Crippen LogP contribution in [-0.4, -0.2) is 24.2 Å². The highest BCUT2D eigenvalue weighted by Gasteiger charge is 2.38. The van der Waals surface area contributed by atoms with Gasteiger partial charge in [-0.1, -0.05) is 12.1 Å². The molecule has 0 amide bonds. The van der Waals surface area contributed by atoms with Crippen molar-refractivity contribution in [3.63, 3.8) is 0 Å². The summed E-state index contributed by atoms with van der Waals surface area (Å²) >= 11 is 0. The fourth-order valence-electron chi connectivity index (χ4n) is 4.06. The number of fused-ring (bicyclic) bond motifs is 1. The molecule has 1 N–H and O–H groups in total. The number of carbonyl (C=O) groups excluding carboxylic acids is 1. The van der Waals surface area contributed by atoms with Crippen LogP contribution in [-0.2, 0) is 4.74 Å². The number of carboxylic acids is 1. The molecular weight excluding hydrogens is 292 g/mol. The number of hydrogen-bond acceptors (Lipinski definition) is 3. The van der Waals surface area contributed by atoms with E-state index in [4.69, 9.17) is 4.74 Å². The maximum Gasteiger partial charge on any atom is 0.337 e. The molecule has 2 atom stereocenters. The highest BCUT2D eigenvalue weighted by Crippen LogP contribution is 2.53. The Morgan fingerprint density at radius 2 is 1.43 bits per heavy atom. The predicted octanol–water partition coefficient (Wildman–Crippen LogP) is 3.54. The number of aromatic carboxylic acids is 1. The molecule has 5 rings (SSSR count). The third kappa shape index (κ3) is 1.98. The molecule has 0 aliphatic heterocycles. The Morgan fingerprint density at radius 1 is 0.913 bits per heavy atom. The van der Waals surface area contributed by atoms with Crippen molar-refractivity contribution in [2.24, 2.45) is 0 Å². The van der Waals surface area contributed by atoms with Crippen LogP contribution in [0.25, 0.3) is 0 Å². The van der Waals surface area contributed by atoms with Crippen LogP contribution in [0.15, 0.2) is 36.4 Å². The van der Waals surface area contributed by atoms with Crippen LogP contribution < -0.4 is 0 Å². The van der Waals surface area contributed by atoms with Crippen LogP contribution in [0.3, 0.4) is 0 Å². The Kier molecular flexibility index (Phi) is 3.01. The lowest BCUT2D eigenvalue weighted by atomic mass is 9.63. The van der Waals surface area contributed by atoms with Crippen molar-refractivity contribution >= 4 is 11.9 Å². The average Bonchev–Trinajstić information content (AvgIpc) is 2.60. The molecular formula is C19H16O4. The van der Waals surface area contributed by atoms with E-state index in [2.05, 4.69) is 0 Å². The quantitative estimate of drug-likeness (QED) is 0.862. The summed E-state index contributed by atoms with van der Waals surface area (Å²) in [5.41, 5.74) is 5.62. The first kappa shape index (κ1) is 14.0. The number of carboxylic acid groups (broad SMARTS) is 1. The molecule has 2 unspecified atom stereocenters. The number of hydrogen-bond donors (Lipinski definition) is 1. The van der Waals surface area contributed by atoms with E-state index in [1.807, 2.05) is 24.3 Å². The summed E-state index contributed by atoms with van der Waals surface area (Å²) < 4.78 is 4.81. The summed E-state index contributed by atoms with van der Waals surface area (Å²) in [5, 5.41) is 9.23. The zero-order valence-electron chi connectivity index (χ0n) is 12.7. The van der Waals surface area contributed by atoms with Gasteiger partial charge in [-0.25, -0.2) is 9.59 Å². The summed E-state index contributed by atoms with van der Waals surface area (Å²) in [6.07, 6.45) is 2.05. The Hall–Kier alpha value is -2.62. The molecule has 2 bridgehead atoms. The number of rotatable bonds is 2. The average molecular weight is 308 g/mol. The van der Waals surface area contributed by atoms with Crippen molar-refractivity contribution in [3.8, 4) is 0 Å². The molecule has 2 aromatic carbocycles. The number of ether oxygens (including phenoxy) is 1. The summed E-state index contributed by atoms with van der Waals surface area (Å²) in [6, 6.07) is 11.1. The first-order valence-corrected chi connectivity index (χ1v) is 7.69. The lowest BCUT2D eigenvalue weighted by Gasteiger charge is -2.40. The summed E-state index contributed by atoms with van der Waals surface area (Å²) in [4.78, 5) is 23.0. The van der Waals surface area contributed by atoms with Crippen molar-refractivity contribution in [2.45, 2.75) is 24.7 Å². The van der Waals surface area contributed by atoms with Crippen LogP contribution in [0.1, 0.15) is 67.6 Å². The Balaban J connectivity index is 1.85. The first-order valence-electron chi connectivity index (χ1n) is 7.69. The van der Waals surface area contributed by atoms with Gasteiger partial charge >= 0.3 is 11.9 Å².